The molecule has 0 aliphatic carbocycles. The standard InChI is InChI=1S/C22H29B10N/c1-22(2,3)8-9(23)4-6-11(25)13(27)15(29)17(31)20(6)33-19(4)5(10(8)24)7-12(26)14(28)16(30)18(32)21(7)33/h23-32H2,1-3H3. The van der Waals surface area contributed by atoms with E-state index in [2.05, 4.69) is 104 Å². The molecule has 0 radical (unpaired) electrons. The summed E-state index contributed by atoms with van der Waals surface area (Å²) in [4.78, 5) is 0. The fourth-order valence-electron chi connectivity index (χ4n) is 7.06. The fourth-order valence-corrected chi connectivity index (χ4v) is 7.06. The van der Waals surface area contributed by atoms with Crippen LogP contribution >= 0.6 is 0 Å². The van der Waals surface area contributed by atoms with Gasteiger partial charge in [-0.3, -0.25) is 0 Å². The second kappa shape index (κ2) is 6.83. The van der Waals surface area contributed by atoms with E-state index in [0.717, 1.165) is 0 Å². The van der Waals surface area contributed by atoms with Gasteiger partial charge >= 0.3 is 0 Å². The lowest BCUT2D eigenvalue weighted by Gasteiger charge is -2.27. The maximum absolute atomic E-state index is 2.66. The summed E-state index contributed by atoms with van der Waals surface area (Å²) >= 11 is 0. The van der Waals surface area contributed by atoms with Crippen LogP contribution in [0, 0.1) is 0 Å². The first kappa shape index (κ1) is 22.9. The summed E-state index contributed by atoms with van der Waals surface area (Å²) in [5.74, 6) is 0. The molecule has 0 amide bonds. The van der Waals surface area contributed by atoms with Gasteiger partial charge in [-0.25, -0.2) is 0 Å². The molecule has 3 aromatic carbocycles. The minimum atomic E-state index is 0.0847. The van der Waals surface area contributed by atoms with Gasteiger partial charge in [0.15, 0.2) is 0 Å². The largest absolute Gasteiger partial charge is 0.309 e. The van der Waals surface area contributed by atoms with E-state index in [1.165, 1.54) is 98.3 Å². The normalized spacial score (nSPS) is 12.7. The van der Waals surface area contributed by atoms with Crippen LogP contribution in [0.4, 0.5) is 0 Å². The first-order valence-electron chi connectivity index (χ1n) is 12.4. The topological polar surface area (TPSA) is 4.41 Å². The molecule has 0 bridgehead atoms. The minimum Gasteiger partial charge on any atom is -0.309 e. The van der Waals surface area contributed by atoms with Crippen LogP contribution in [-0.2, 0) is 5.41 Å². The Morgan fingerprint density at radius 1 is 0.394 bits per heavy atom. The Bertz CT molecular complexity index is 1580. The number of fused-ring (bicyclic) bond motifs is 6. The summed E-state index contributed by atoms with van der Waals surface area (Å²) in [7, 11) is 23.3. The minimum absolute atomic E-state index is 0.0847. The van der Waals surface area contributed by atoms with Crippen LogP contribution in [0.2, 0.25) is 0 Å². The van der Waals surface area contributed by atoms with Crippen LogP contribution in [0.15, 0.2) is 0 Å². The highest BCUT2D eigenvalue weighted by Gasteiger charge is 2.30. The van der Waals surface area contributed by atoms with Gasteiger partial charge in [0, 0.05) is 21.8 Å². The molecular weight excluding hydrogens is 386 g/mol. The second-order valence-corrected chi connectivity index (χ2v) is 11.8. The molecule has 33 heavy (non-hydrogen) atoms. The molecule has 0 unspecified atom stereocenters. The third-order valence-electron chi connectivity index (χ3n) is 9.20. The molecule has 152 valence electrons. The van der Waals surface area contributed by atoms with Crippen molar-refractivity contribution in [2.24, 2.45) is 0 Å². The van der Waals surface area contributed by atoms with Gasteiger partial charge in [0.1, 0.15) is 78.5 Å². The smallest absolute Gasteiger partial charge is 0.141 e. The molecule has 5 rings (SSSR count). The van der Waals surface area contributed by atoms with Gasteiger partial charge in [0.05, 0.1) is 5.52 Å². The second-order valence-electron chi connectivity index (χ2n) is 11.8. The maximum Gasteiger partial charge on any atom is 0.141 e. The molecular formula is C22H29B10N. The van der Waals surface area contributed by atoms with Crippen molar-refractivity contribution >= 4 is 171 Å². The van der Waals surface area contributed by atoms with Gasteiger partial charge in [0.2, 0.25) is 0 Å². The molecule has 11 heteroatoms. The number of nitrogens with zero attached hydrogens (tertiary/aromatic N) is 1. The third kappa shape index (κ3) is 2.58. The van der Waals surface area contributed by atoms with Gasteiger partial charge in [-0.05, 0) is 16.2 Å². The highest BCUT2D eigenvalue weighted by atomic mass is 14.9. The van der Waals surface area contributed by atoms with E-state index in [1.54, 1.807) is 0 Å². The monoisotopic (exact) mass is 417 g/mol. The van der Waals surface area contributed by atoms with Gasteiger partial charge in [-0.15, -0.1) is 10.9 Å². The number of benzene rings is 3. The summed E-state index contributed by atoms with van der Waals surface area (Å²) in [6.45, 7) is 7.13. The Labute approximate surface area is 207 Å². The molecule has 0 N–H and O–H groups in total. The molecule has 0 fully saturated rings. The maximum atomic E-state index is 2.66. The van der Waals surface area contributed by atoms with Gasteiger partial charge in [-0.2, -0.15) is 0 Å². The Hall–Kier alpha value is -1.89. The van der Waals surface area contributed by atoms with Crippen LogP contribution in [0.1, 0.15) is 26.3 Å². The van der Waals surface area contributed by atoms with Crippen LogP contribution in [0.5, 0.6) is 0 Å². The van der Waals surface area contributed by atoms with Crippen LogP contribution in [0.25, 0.3) is 38.1 Å². The zero-order valence-electron chi connectivity index (χ0n) is 22.9. The first-order chi connectivity index (χ1) is 15.2. The van der Waals surface area contributed by atoms with Crippen LogP contribution in [0.3, 0.4) is 0 Å². The van der Waals surface area contributed by atoms with E-state index in [4.69, 9.17) is 0 Å². The van der Waals surface area contributed by atoms with E-state index in [-0.39, 0.29) is 5.41 Å². The SMILES string of the molecule is Bc1c(B)c(B)c2c(c1B)c1c(B)c(C(C)(C)C)c(B)c3c4c(B)c(B)c(B)c(B)c4n2c13. The lowest BCUT2D eigenvalue weighted by atomic mass is 9.63. The zero-order valence-corrected chi connectivity index (χ0v) is 22.9. The van der Waals surface area contributed by atoms with Gasteiger partial charge < -0.3 is 4.40 Å². The Morgan fingerprint density at radius 3 is 1.03 bits per heavy atom. The van der Waals surface area contributed by atoms with Crippen LogP contribution in [-0.4, -0.2) is 82.9 Å². The molecule has 0 aliphatic rings. The quantitative estimate of drug-likeness (QED) is 0.221. The Balaban J connectivity index is 2.36. The van der Waals surface area contributed by atoms with Crippen molar-refractivity contribution in [1.82, 2.24) is 4.40 Å². The zero-order chi connectivity index (χ0) is 24.5. The van der Waals surface area contributed by atoms with E-state index in [1.807, 2.05) is 0 Å². The van der Waals surface area contributed by atoms with Crippen molar-refractivity contribution < 1.29 is 0 Å². The predicted octanol–water partition coefficient (Wildman–Crippen LogP) is -11.3. The number of hydrogen-bond acceptors (Lipinski definition) is 0. The van der Waals surface area contributed by atoms with Gasteiger partial charge in [0.25, 0.3) is 0 Å². The van der Waals surface area contributed by atoms with Crippen molar-refractivity contribution in [3.05, 3.63) is 5.56 Å². The number of aromatic nitrogens is 1. The molecule has 2 aromatic heterocycles. The summed E-state index contributed by atoms with van der Waals surface area (Å²) in [5, 5.41) is 5.89. The van der Waals surface area contributed by atoms with E-state index in [0.29, 0.717) is 0 Å². The molecule has 5 aromatic rings. The van der Waals surface area contributed by atoms with E-state index >= 15 is 0 Å². The Morgan fingerprint density at radius 2 is 0.697 bits per heavy atom. The highest BCUT2D eigenvalue weighted by Crippen LogP contribution is 2.36. The average Bonchev–Trinajstić information content (AvgIpc) is 3.25. The van der Waals surface area contributed by atoms with Crippen molar-refractivity contribution in [1.29, 1.82) is 0 Å². The lowest BCUT2D eigenvalue weighted by molar-refractivity contribution is 0.599. The Kier molecular flexibility index (Phi) is 4.74. The molecule has 1 nitrogen and oxygen atoms in total. The summed E-state index contributed by atoms with van der Waals surface area (Å²) in [6.07, 6.45) is 0. The third-order valence-corrected chi connectivity index (χ3v) is 9.20. The molecule has 0 spiro atoms. The van der Waals surface area contributed by atoms with Gasteiger partial charge in [-0.1, -0.05) is 70.0 Å². The molecule has 0 saturated heterocycles. The van der Waals surface area contributed by atoms with Crippen molar-refractivity contribution in [3.63, 3.8) is 0 Å². The lowest BCUT2D eigenvalue weighted by Crippen LogP contribution is -2.49. The predicted molar refractivity (Wildman–Crippen MR) is 182 cm³/mol. The van der Waals surface area contributed by atoms with Crippen molar-refractivity contribution in [2.75, 3.05) is 0 Å². The molecule has 0 aliphatic heterocycles. The van der Waals surface area contributed by atoms with Crippen molar-refractivity contribution in [2.45, 2.75) is 26.2 Å². The fraction of sp³-hybridized carbons (Fsp3) is 0.182. The van der Waals surface area contributed by atoms with Crippen LogP contribution < -0.4 is 54.6 Å². The summed E-state index contributed by atoms with van der Waals surface area (Å²) in [5.41, 5.74) is 20.3. The molecule has 0 saturated carbocycles. The molecule has 2 heterocycles. The van der Waals surface area contributed by atoms with E-state index in [9.17, 15) is 0 Å². The molecule has 0 atom stereocenters. The number of hydrogen-bond donors (Lipinski definition) is 0. The van der Waals surface area contributed by atoms with E-state index < -0.39 is 0 Å². The first-order valence-corrected chi connectivity index (χ1v) is 12.4. The highest BCUT2D eigenvalue weighted by molar-refractivity contribution is 6.71. The summed E-state index contributed by atoms with van der Waals surface area (Å²) in [6, 6.07) is 0. The summed E-state index contributed by atoms with van der Waals surface area (Å²) < 4.78 is 2.66. The van der Waals surface area contributed by atoms with Crippen molar-refractivity contribution in [3.8, 4) is 0 Å². The average molecular weight is 416 g/mol. The number of rotatable bonds is 0.